The van der Waals surface area contributed by atoms with E-state index in [2.05, 4.69) is 20.3 Å². The zero-order chi connectivity index (χ0) is 16.8. The zero-order valence-electron chi connectivity index (χ0n) is 13.4. The Morgan fingerprint density at radius 2 is 2.09 bits per heavy atom. The van der Waals surface area contributed by atoms with Gasteiger partial charge < -0.3 is 10.1 Å². The molecule has 0 amide bonds. The third kappa shape index (κ3) is 4.76. The minimum Gasteiger partial charge on any atom is -0.476 e. The van der Waals surface area contributed by atoms with Crippen LogP contribution in [-0.2, 0) is 13.0 Å². The maximum Gasteiger partial charge on any atom is 0.232 e. The molecule has 7 heteroatoms. The Kier molecular flexibility index (Phi) is 6.10. The van der Waals surface area contributed by atoms with E-state index in [9.17, 15) is 4.39 Å². The molecule has 0 radical (unpaired) electrons. The molecule has 2 aromatic rings. The highest BCUT2D eigenvalue weighted by Crippen LogP contribution is 2.23. The van der Waals surface area contributed by atoms with Gasteiger partial charge in [-0.15, -0.1) is 0 Å². The number of nitrogens with one attached hydrogen (secondary N) is 1. The van der Waals surface area contributed by atoms with E-state index in [1.807, 2.05) is 20.8 Å². The zero-order valence-corrected chi connectivity index (χ0v) is 14.2. The van der Waals surface area contributed by atoms with Crippen molar-refractivity contribution in [2.75, 3.05) is 11.9 Å². The minimum absolute atomic E-state index is 0.174. The Morgan fingerprint density at radius 3 is 2.74 bits per heavy atom. The van der Waals surface area contributed by atoms with Crippen molar-refractivity contribution in [3.8, 4) is 5.88 Å². The molecule has 0 aliphatic rings. The summed E-state index contributed by atoms with van der Waals surface area (Å²) in [6.07, 6.45) is 3.50. The van der Waals surface area contributed by atoms with Gasteiger partial charge in [0.2, 0.25) is 5.88 Å². The van der Waals surface area contributed by atoms with E-state index in [1.165, 1.54) is 6.33 Å². The predicted octanol–water partition coefficient (Wildman–Crippen LogP) is 3.87. The normalized spacial score (nSPS) is 10.9. The van der Waals surface area contributed by atoms with Crippen molar-refractivity contribution in [2.24, 2.45) is 5.92 Å². The number of hydrogen-bond donors (Lipinski definition) is 1. The van der Waals surface area contributed by atoms with E-state index in [1.54, 1.807) is 12.3 Å². The van der Waals surface area contributed by atoms with Crippen LogP contribution in [0.2, 0.25) is 5.02 Å². The second kappa shape index (κ2) is 8.06. The van der Waals surface area contributed by atoms with Crippen LogP contribution in [0.4, 0.5) is 10.2 Å². The molecule has 0 aromatic carbocycles. The summed E-state index contributed by atoms with van der Waals surface area (Å²) in [5.74, 6) is 0.548. The summed E-state index contributed by atoms with van der Waals surface area (Å²) in [5.41, 5.74) is 1.19. The summed E-state index contributed by atoms with van der Waals surface area (Å²) in [5, 5.41) is 3.37. The van der Waals surface area contributed by atoms with Crippen molar-refractivity contribution in [2.45, 2.75) is 33.7 Å². The van der Waals surface area contributed by atoms with Crippen LogP contribution in [0.3, 0.4) is 0 Å². The number of pyridine rings is 1. The third-order valence-corrected chi connectivity index (χ3v) is 3.34. The fraction of sp³-hybridized carbons (Fsp3) is 0.438. The molecule has 0 atom stereocenters. The lowest BCUT2D eigenvalue weighted by molar-refractivity contribution is 0.261. The second-order valence-corrected chi connectivity index (χ2v) is 5.93. The van der Waals surface area contributed by atoms with E-state index in [4.69, 9.17) is 16.3 Å². The number of rotatable bonds is 7. The molecule has 0 unspecified atom stereocenters. The number of aromatic nitrogens is 3. The lowest BCUT2D eigenvalue weighted by atomic mass is 10.2. The Morgan fingerprint density at radius 1 is 1.30 bits per heavy atom. The average molecular weight is 339 g/mol. The van der Waals surface area contributed by atoms with Gasteiger partial charge in [-0.3, -0.25) is 0 Å². The van der Waals surface area contributed by atoms with Crippen LogP contribution < -0.4 is 10.1 Å². The molecule has 23 heavy (non-hydrogen) atoms. The van der Waals surface area contributed by atoms with E-state index < -0.39 is 5.82 Å². The second-order valence-electron chi connectivity index (χ2n) is 5.53. The first-order chi connectivity index (χ1) is 11.0. The van der Waals surface area contributed by atoms with Gasteiger partial charge in [0, 0.05) is 12.7 Å². The molecule has 2 aromatic heterocycles. The largest absolute Gasteiger partial charge is 0.476 e. The van der Waals surface area contributed by atoms with Crippen molar-refractivity contribution in [1.29, 1.82) is 0 Å². The Balaban J connectivity index is 2.03. The molecular formula is C16H20ClFN4O. The highest BCUT2D eigenvalue weighted by atomic mass is 35.5. The standard InChI is InChI=1S/C16H20ClFN4O/c1-4-13-14(18)15(22-9-21-13)19-6-11-5-12(17)16(20-7-11)23-8-10(2)3/h5,7,9-10H,4,6,8H2,1-3H3,(H,19,21,22). The molecule has 2 rings (SSSR count). The van der Waals surface area contributed by atoms with Crippen LogP contribution in [0, 0.1) is 11.7 Å². The van der Waals surface area contributed by atoms with Gasteiger partial charge in [-0.05, 0) is 24.0 Å². The monoisotopic (exact) mass is 338 g/mol. The summed E-state index contributed by atoms with van der Waals surface area (Å²) in [7, 11) is 0. The smallest absolute Gasteiger partial charge is 0.232 e. The molecule has 0 fully saturated rings. The molecule has 0 saturated carbocycles. The first kappa shape index (κ1) is 17.4. The van der Waals surface area contributed by atoms with Crippen molar-refractivity contribution in [1.82, 2.24) is 15.0 Å². The Hall–Kier alpha value is -1.95. The number of halogens is 2. The minimum atomic E-state index is -0.425. The van der Waals surface area contributed by atoms with E-state index >= 15 is 0 Å². The summed E-state index contributed by atoms with van der Waals surface area (Å²) in [6, 6.07) is 1.75. The van der Waals surface area contributed by atoms with Gasteiger partial charge in [0.25, 0.3) is 0 Å². The quantitative estimate of drug-likeness (QED) is 0.830. The molecule has 124 valence electrons. The van der Waals surface area contributed by atoms with Crippen LogP contribution in [0.25, 0.3) is 0 Å². The van der Waals surface area contributed by atoms with Crippen molar-refractivity contribution < 1.29 is 9.13 Å². The van der Waals surface area contributed by atoms with Gasteiger partial charge in [-0.2, -0.15) is 0 Å². The molecule has 0 aliphatic heterocycles. The van der Waals surface area contributed by atoms with Gasteiger partial charge in [0.1, 0.15) is 11.3 Å². The number of aryl methyl sites for hydroxylation is 1. The number of ether oxygens (including phenoxy) is 1. The van der Waals surface area contributed by atoms with Gasteiger partial charge in [-0.1, -0.05) is 32.4 Å². The number of nitrogens with zero attached hydrogens (tertiary/aromatic N) is 3. The van der Waals surface area contributed by atoms with E-state index in [0.717, 1.165) is 5.56 Å². The first-order valence-corrected chi connectivity index (χ1v) is 7.89. The van der Waals surface area contributed by atoms with Crippen LogP contribution in [-0.4, -0.2) is 21.6 Å². The van der Waals surface area contributed by atoms with Crippen molar-refractivity contribution in [3.63, 3.8) is 0 Å². The summed E-state index contributed by atoms with van der Waals surface area (Å²) in [6.45, 7) is 6.85. The number of anilines is 1. The first-order valence-electron chi connectivity index (χ1n) is 7.51. The SMILES string of the molecule is CCc1ncnc(NCc2cnc(OCC(C)C)c(Cl)c2)c1F. The maximum atomic E-state index is 14.0. The van der Waals surface area contributed by atoms with Gasteiger partial charge >= 0.3 is 0 Å². The van der Waals surface area contributed by atoms with E-state index in [0.29, 0.717) is 42.1 Å². The predicted molar refractivity (Wildman–Crippen MR) is 88.3 cm³/mol. The molecular weight excluding hydrogens is 319 g/mol. The van der Waals surface area contributed by atoms with Crippen LogP contribution >= 0.6 is 11.6 Å². The topological polar surface area (TPSA) is 59.9 Å². The molecule has 0 aliphatic carbocycles. The average Bonchev–Trinajstić information content (AvgIpc) is 2.53. The highest BCUT2D eigenvalue weighted by Gasteiger charge is 2.10. The molecule has 5 nitrogen and oxygen atoms in total. The summed E-state index contributed by atoms with van der Waals surface area (Å²) >= 11 is 6.16. The Labute approximate surface area is 140 Å². The maximum absolute atomic E-state index is 14.0. The summed E-state index contributed by atoms with van der Waals surface area (Å²) in [4.78, 5) is 12.0. The molecule has 0 spiro atoms. The third-order valence-electron chi connectivity index (χ3n) is 3.07. The van der Waals surface area contributed by atoms with Crippen LogP contribution in [0.5, 0.6) is 5.88 Å². The Bertz CT molecular complexity index is 667. The highest BCUT2D eigenvalue weighted by molar-refractivity contribution is 6.31. The fourth-order valence-electron chi connectivity index (χ4n) is 1.88. The fourth-order valence-corrected chi connectivity index (χ4v) is 2.12. The summed E-state index contributed by atoms with van der Waals surface area (Å²) < 4.78 is 19.6. The van der Waals surface area contributed by atoms with Gasteiger partial charge in [0.05, 0.1) is 12.3 Å². The van der Waals surface area contributed by atoms with Crippen molar-refractivity contribution in [3.05, 3.63) is 40.7 Å². The van der Waals surface area contributed by atoms with E-state index in [-0.39, 0.29) is 5.82 Å². The van der Waals surface area contributed by atoms with Crippen molar-refractivity contribution >= 4 is 17.4 Å². The van der Waals surface area contributed by atoms with Crippen LogP contribution in [0.1, 0.15) is 32.0 Å². The lowest BCUT2D eigenvalue weighted by Gasteiger charge is -2.11. The molecule has 0 saturated heterocycles. The number of hydrogen-bond acceptors (Lipinski definition) is 5. The van der Waals surface area contributed by atoms with Gasteiger partial charge in [-0.25, -0.2) is 19.3 Å². The van der Waals surface area contributed by atoms with Crippen LogP contribution in [0.15, 0.2) is 18.6 Å². The molecule has 0 bridgehead atoms. The molecule has 2 heterocycles. The van der Waals surface area contributed by atoms with Gasteiger partial charge in [0.15, 0.2) is 11.6 Å². The lowest BCUT2D eigenvalue weighted by Crippen LogP contribution is -2.08. The molecule has 1 N–H and O–H groups in total.